The minimum atomic E-state index is 0.00606. The Kier molecular flexibility index (Phi) is 4.57. The topological polar surface area (TPSA) is 59.2 Å². The first-order valence-corrected chi connectivity index (χ1v) is 11.2. The molecule has 5 heteroatoms. The Morgan fingerprint density at radius 3 is 2.97 bits per heavy atom. The first-order chi connectivity index (χ1) is 15.2. The van der Waals surface area contributed by atoms with E-state index in [0.717, 1.165) is 41.1 Å². The van der Waals surface area contributed by atoms with Crippen molar-refractivity contribution in [1.82, 2.24) is 15.3 Å². The molecular formula is C26H27N3O2. The van der Waals surface area contributed by atoms with Crippen molar-refractivity contribution in [2.75, 3.05) is 13.2 Å². The van der Waals surface area contributed by atoms with Crippen LogP contribution in [0.15, 0.2) is 54.7 Å². The molecule has 1 saturated carbocycles. The van der Waals surface area contributed by atoms with Gasteiger partial charge in [-0.2, -0.15) is 0 Å². The number of aromatic nitrogens is 2. The van der Waals surface area contributed by atoms with Crippen molar-refractivity contribution in [3.05, 3.63) is 66.0 Å². The summed E-state index contributed by atoms with van der Waals surface area (Å²) in [5.74, 6) is 2.25. The van der Waals surface area contributed by atoms with Crippen LogP contribution in [0.5, 0.6) is 11.5 Å². The monoisotopic (exact) mass is 413 g/mol. The Bertz CT molecular complexity index is 1250. The molecule has 31 heavy (non-hydrogen) atoms. The third-order valence-electron chi connectivity index (χ3n) is 6.76. The molecule has 3 heterocycles. The average Bonchev–Trinajstić information content (AvgIpc) is 3.44. The zero-order valence-corrected chi connectivity index (χ0v) is 17.7. The lowest BCUT2D eigenvalue weighted by Gasteiger charge is -2.28. The highest BCUT2D eigenvalue weighted by Crippen LogP contribution is 2.39. The number of benzene rings is 2. The highest BCUT2D eigenvalue weighted by Gasteiger charge is 2.29. The highest BCUT2D eigenvalue weighted by molar-refractivity contribution is 5.88. The van der Waals surface area contributed by atoms with Gasteiger partial charge in [0, 0.05) is 40.8 Å². The molecule has 1 aliphatic heterocycles. The van der Waals surface area contributed by atoms with Gasteiger partial charge in [-0.05, 0) is 68.0 Å². The van der Waals surface area contributed by atoms with Crippen LogP contribution in [0.1, 0.15) is 36.4 Å². The molecule has 158 valence electrons. The fraction of sp³-hybridized carbons (Fsp3) is 0.346. The maximum Gasteiger partial charge on any atom is 0.171 e. The van der Waals surface area contributed by atoms with Crippen molar-refractivity contribution >= 4 is 21.8 Å². The molecule has 2 aliphatic rings. The standard InChI is InChI=1S/C26H27N3O2/c1-16-6-9-21-24(29-16)10-11-25-26(21)31-19(15-30-25)13-27-18-8-7-17(12-18)22-14-28-23-5-3-2-4-20(22)23/h2-6,9-11,14,17-19,27-28H,7-8,12-13,15H2,1H3. The summed E-state index contributed by atoms with van der Waals surface area (Å²) in [7, 11) is 0. The maximum absolute atomic E-state index is 6.37. The number of aryl methyl sites for hydroxylation is 1. The molecule has 0 radical (unpaired) electrons. The quantitative estimate of drug-likeness (QED) is 0.489. The summed E-state index contributed by atoms with van der Waals surface area (Å²) in [5.41, 5.74) is 4.65. The predicted octanol–water partition coefficient (Wildman–Crippen LogP) is 5.09. The maximum atomic E-state index is 6.37. The molecule has 0 amide bonds. The molecule has 5 nitrogen and oxygen atoms in total. The molecular weight excluding hydrogens is 386 g/mol. The number of nitrogens with one attached hydrogen (secondary N) is 2. The second-order valence-electron chi connectivity index (χ2n) is 8.87. The van der Waals surface area contributed by atoms with E-state index >= 15 is 0 Å². The number of hydrogen-bond donors (Lipinski definition) is 2. The van der Waals surface area contributed by atoms with Gasteiger partial charge in [-0.25, -0.2) is 0 Å². The summed E-state index contributed by atoms with van der Waals surface area (Å²) in [6.07, 6.45) is 5.79. The van der Waals surface area contributed by atoms with Crippen molar-refractivity contribution in [3.8, 4) is 11.5 Å². The van der Waals surface area contributed by atoms with Gasteiger partial charge in [0.25, 0.3) is 0 Å². The van der Waals surface area contributed by atoms with Crippen molar-refractivity contribution < 1.29 is 9.47 Å². The molecule has 3 unspecified atom stereocenters. The molecule has 3 atom stereocenters. The van der Waals surface area contributed by atoms with Crippen LogP contribution in [0.4, 0.5) is 0 Å². The first kappa shape index (κ1) is 18.7. The molecule has 0 bridgehead atoms. The molecule has 2 aromatic heterocycles. The van der Waals surface area contributed by atoms with Crippen LogP contribution in [-0.4, -0.2) is 35.3 Å². The lowest BCUT2D eigenvalue weighted by molar-refractivity contribution is 0.0902. The zero-order chi connectivity index (χ0) is 20.8. The summed E-state index contributed by atoms with van der Waals surface area (Å²) >= 11 is 0. The number of H-pyrrole nitrogens is 1. The van der Waals surface area contributed by atoms with E-state index < -0.39 is 0 Å². The van der Waals surface area contributed by atoms with Gasteiger partial charge < -0.3 is 19.8 Å². The van der Waals surface area contributed by atoms with Gasteiger partial charge >= 0.3 is 0 Å². The second-order valence-corrected chi connectivity index (χ2v) is 8.87. The zero-order valence-electron chi connectivity index (χ0n) is 17.7. The largest absolute Gasteiger partial charge is 0.486 e. The van der Waals surface area contributed by atoms with Gasteiger partial charge in [0.1, 0.15) is 12.7 Å². The van der Waals surface area contributed by atoms with E-state index in [0.29, 0.717) is 18.6 Å². The minimum absolute atomic E-state index is 0.00606. The van der Waals surface area contributed by atoms with Crippen LogP contribution in [-0.2, 0) is 0 Å². The number of rotatable bonds is 4. The van der Waals surface area contributed by atoms with Crippen LogP contribution in [0.3, 0.4) is 0 Å². The number of fused-ring (bicyclic) bond motifs is 4. The Morgan fingerprint density at radius 2 is 2.00 bits per heavy atom. The lowest BCUT2D eigenvalue weighted by Crippen LogP contribution is -2.41. The second kappa shape index (κ2) is 7.57. The summed E-state index contributed by atoms with van der Waals surface area (Å²) in [6, 6.07) is 17.2. The third kappa shape index (κ3) is 3.43. The normalized spacial score (nSPS) is 22.9. The van der Waals surface area contributed by atoms with Crippen molar-refractivity contribution in [1.29, 1.82) is 0 Å². The molecule has 1 fully saturated rings. The van der Waals surface area contributed by atoms with E-state index in [1.54, 1.807) is 0 Å². The first-order valence-electron chi connectivity index (χ1n) is 11.2. The van der Waals surface area contributed by atoms with Gasteiger partial charge in [-0.3, -0.25) is 4.98 Å². The Morgan fingerprint density at radius 1 is 1.06 bits per heavy atom. The van der Waals surface area contributed by atoms with Crippen LogP contribution in [0.2, 0.25) is 0 Å². The summed E-state index contributed by atoms with van der Waals surface area (Å²) in [6.45, 7) is 3.37. The lowest BCUT2D eigenvalue weighted by atomic mass is 9.97. The van der Waals surface area contributed by atoms with Crippen LogP contribution >= 0.6 is 0 Å². The Balaban J connectivity index is 1.11. The fourth-order valence-corrected chi connectivity index (χ4v) is 5.16. The van der Waals surface area contributed by atoms with Crippen LogP contribution < -0.4 is 14.8 Å². The highest BCUT2D eigenvalue weighted by atomic mass is 16.6. The van der Waals surface area contributed by atoms with Crippen molar-refractivity contribution in [2.45, 2.75) is 44.2 Å². The number of nitrogens with zero attached hydrogens (tertiary/aromatic N) is 1. The number of aromatic amines is 1. The predicted molar refractivity (Wildman–Crippen MR) is 123 cm³/mol. The fourth-order valence-electron chi connectivity index (χ4n) is 5.16. The van der Waals surface area contributed by atoms with E-state index in [4.69, 9.17) is 9.47 Å². The SMILES string of the molecule is Cc1ccc2c3c(ccc2n1)OCC(CNC1CCC(c2c[nH]c4ccccc24)C1)O3. The Hall–Kier alpha value is -3.05. The van der Waals surface area contributed by atoms with Crippen LogP contribution in [0.25, 0.3) is 21.8 Å². The Labute approximate surface area is 181 Å². The van der Waals surface area contributed by atoms with Gasteiger partial charge in [0.05, 0.1) is 5.52 Å². The molecule has 6 rings (SSSR count). The summed E-state index contributed by atoms with van der Waals surface area (Å²) < 4.78 is 12.4. The van der Waals surface area contributed by atoms with Gasteiger partial charge in [0.15, 0.2) is 11.5 Å². The van der Waals surface area contributed by atoms with Gasteiger partial charge in [0.2, 0.25) is 0 Å². The average molecular weight is 414 g/mol. The molecule has 1 aliphatic carbocycles. The van der Waals surface area contributed by atoms with E-state index in [1.165, 1.54) is 29.3 Å². The molecule has 0 saturated heterocycles. The minimum Gasteiger partial charge on any atom is -0.486 e. The number of para-hydroxylation sites is 1. The van der Waals surface area contributed by atoms with Crippen LogP contribution in [0, 0.1) is 6.92 Å². The summed E-state index contributed by atoms with van der Waals surface area (Å²) in [5, 5.41) is 6.14. The van der Waals surface area contributed by atoms with Gasteiger partial charge in [-0.15, -0.1) is 0 Å². The van der Waals surface area contributed by atoms with E-state index in [9.17, 15) is 0 Å². The van der Waals surface area contributed by atoms with E-state index in [1.807, 2.05) is 25.1 Å². The van der Waals surface area contributed by atoms with E-state index in [-0.39, 0.29) is 6.10 Å². The van der Waals surface area contributed by atoms with Crippen molar-refractivity contribution in [3.63, 3.8) is 0 Å². The van der Waals surface area contributed by atoms with Gasteiger partial charge in [-0.1, -0.05) is 18.2 Å². The van der Waals surface area contributed by atoms with Crippen molar-refractivity contribution in [2.24, 2.45) is 0 Å². The summed E-state index contributed by atoms with van der Waals surface area (Å²) in [4.78, 5) is 8.05. The molecule has 0 spiro atoms. The van der Waals surface area contributed by atoms with E-state index in [2.05, 4.69) is 51.8 Å². The number of pyridine rings is 1. The molecule has 2 aromatic carbocycles. The molecule has 2 N–H and O–H groups in total. The number of hydrogen-bond acceptors (Lipinski definition) is 4. The number of ether oxygens (including phenoxy) is 2. The third-order valence-corrected chi connectivity index (χ3v) is 6.76. The smallest absolute Gasteiger partial charge is 0.171 e. The molecule has 4 aromatic rings.